The van der Waals surface area contributed by atoms with Gasteiger partial charge in [-0.05, 0) is 44.9 Å². The summed E-state index contributed by atoms with van der Waals surface area (Å²) in [6.45, 7) is 8.90. The number of ether oxygens (including phenoxy) is 1. The molecule has 1 rings (SSSR count). The van der Waals surface area contributed by atoms with Crippen LogP contribution < -0.4 is 5.32 Å². The summed E-state index contributed by atoms with van der Waals surface area (Å²) >= 11 is 0. The maximum Gasteiger partial charge on any atom is 0.0468 e. The van der Waals surface area contributed by atoms with Crippen LogP contribution in [-0.2, 0) is 4.74 Å². The van der Waals surface area contributed by atoms with Gasteiger partial charge in [0, 0.05) is 25.8 Å². The Morgan fingerprint density at radius 3 is 2.40 bits per heavy atom. The zero-order valence-corrected chi connectivity index (χ0v) is 10.9. The van der Waals surface area contributed by atoms with Gasteiger partial charge in [-0.2, -0.15) is 0 Å². The third kappa shape index (κ3) is 3.76. The zero-order valence-electron chi connectivity index (χ0n) is 10.9. The minimum atomic E-state index is 0.287. The first-order chi connectivity index (χ1) is 7.04. The molecule has 1 aliphatic rings. The molecule has 0 amide bonds. The summed E-state index contributed by atoms with van der Waals surface area (Å²) in [5, 5.41) is 3.70. The third-order valence-electron chi connectivity index (χ3n) is 4.08. The van der Waals surface area contributed by atoms with E-state index in [-0.39, 0.29) is 5.54 Å². The van der Waals surface area contributed by atoms with Crippen LogP contribution in [0.3, 0.4) is 0 Å². The number of nitrogens with one attached hydrogen (secondary N) is 1. The second-order valence-electron chi connectivity index (χ2n) is 5.69. The van der Waals surface area contributed by atoms with Crippen LogP contribution in [0.1, 0.15) is 52.9 Å². The first-order valence-corrected chi connectivity index (χ1v) is 6.28. The molecule has 0 radical (unpaired) electrons. The molecule has 1 saturated carbocycles. The van der Waals surface area contributed by atoms with E-state index >= 15 is 0 Å². The topological polar surface area (TPSA) is 21.3 Å². The molecule has 0 atom stereocenters. The van der Waals surface area contributed by atoms with Crippen molar-refractivity contribution in [1.29, 1.82) is 0 Å². The van der Waals surface area contributed by atoms with Crippen LogP contribution in [0.15, 0.2) is 0 Å². The molecule has 0 heterocycles. The molecular formula is C13H27NO. The van der Waals surface area contributed by atoms with Crippen molar-refractivity contribution in [1.82, 2.24) is 5.32 Å². The Kier molecular flexibility index (Phi) is 4.60. The fourth-order valence-electron chi connectivity index (χ4n) is 2.06. The van der Waals surface area contributed by atoms with Crippen molar-refractivity contribution in [2.75, 3.05) is 20.3 Å². The molecule has 0 saturated heterocycles. The highest BCUT2D eigenvalue weighted by Crippen LogP contribution is 2.43. The predicted octanol–water partition coefficient (Wildman–Crippen LogP) is 2.97. The van der Waals surface area contributed by atoms with Crippen LogP contribution >= 0.6 is 0 Å². The molecule has 1 N–H and O–H groups in total. The van der Waals surface area contributed by atoms with E-state index in [1.54, 1.807) is 7.11 Å². The van der Waals surface area contributed by atoms with Gasteiger partial charge in [-0.3, -0.25) is 0 Å². The van der Waals surface area contributed by atoms with Crippen LogP contribution in [0, 0.1) is 5.41 Å². The van der Waals surface area contributed by atoms with Crippen LogP contribution in [0.2, 0.25) is 0 Å². The molecule has 1 aliphatic carbocycles. The summed E-state index contributed by atoms with van der Waals surface area (Å²) in [7, 11) is 1.80. The van der Waals surface area contributed by atoms with Crippen molar-refractivity contribution >= 4 is 0 Å². The lowest BCUT2D eigenvalue weighted by molar-refractivity contribution is 0.0617. The molecule has 0 bridgehead atoms. The zero-order chi connectivity index (χ0) is 11.4. The lowest BCUT2D eigenvalue weighted by atomic mass is 9.66. The first-order valence-electron chi connectivity index (χ1n) is 6.28. The molecule has 0 aromatic heterocycles. The summed E-state index contributed by atoms with van der Waals surface area (Å²) in [5.41, 5.74) is 0.831. The molecule has 0 aromatic rings. The fraction of sp³-hybridized carbons (Fsp3) is 1.00. The lowest BCUT2D eigenvalue weighted by Crippen LogP contribution is -2.48. The van der Waals surface area contributed by atoms with E-state index in [1.165, 1.54) is 32.1 Å². The fourth-order valence-corrected chi connectivity index (χ4v) is 2.06. The third-order valence-corrected chi connectivity index (χ3v) is 4.08. The van der Waals surface area contributed by atoms with Crippen LogP contribution in [0.4, 0.5) is 0 Å². The van der Waals surface area contributed by atoms with Crippen LogP contribution in [0.25, 0.3) is 0 Å². The predicted molar refractivity (Wildman–Crippen MR) is 65.1 cm³/mol. The van der Waals surface area contributed by atoms with E-state index in [2.05, 4.69) is 26.1 Å². The van der Waals surface area contributed by atoms with Gasteiger partial charge in [0.05, 0.1) is 0 Å². The maximum absolute atomic E-state index is 5.20. The van der Waals surface area contributed by atoms with Gasteiger partial charge in [0.2, 0.25) is 0 Å². The average Bonchev–Trinajstić information content (AvgIpc) is 2.16. The smallest absolute Gasteiger partial charge is 0.0468 e. The van der Waals surface area contributed by atoms with Crippen LogP contribution in [-0.4, -0.2) is 25.8 Å². The van der Waals surface area contributed by atoms with Crippen molar-refractivity contribution in [3.63, 3.8) is 0 Å². The molecular weight excluding hydrogens is 186 g/mol. The van der Waals surface area contributed by atoms with Gasteiger partial charge in [0.1, 0.15) is 0 Å². The molecule has 15 heavy (non-hydrogen) atoms. The number of methoxy groups -OCH3 is 1. The van der Waals surface area contributed by atoms with Crippen LogP contribution in [0.5, 0.6) is 0 Å². The average molecular weight is 213 g/mol. The normalized spacial score (nSPS) is 20.0. The van der Waals surface area contributed by atoms with Crippen molar-refractivity contribution in [3.05, 3.63) is 0 Å². The van der Waals surface area contributed by atoms with Gasteiger partial charge in [-0.25, -0.2) is 0 Å². The van der Waals surface area contributed by atoms with E-state index in [0.717, 1.165) is 13.2 Å². The van der Waals surface area contributed by atoms with Gasteiger partial charge in [0.15, 0.2) is 0 Å². The van der Waals surface area contributed by atoms with Gasteiger partial charge < -0.3 is 10.1 Å². The highest BCUT2D eigenvalue weighted by molar-refractivity contribution is 4.91. The Hall–Kier alpha value is -0.0800. The van der Waals surface area contributed by atoms with Crippen molar-refractivity contribution in [2.24, 2.45) is 5.41 Å². The molecule has 90 valence electrons. The number of rotatable bonds is 7. The van der Waals surface area contributed by atoms with E-state index in [1.807, 2.05) is 0 Å². The Morgan fingerprint density at radius 2 is 2.00 bits per heavy atom. The number of hydrogen-bond donors (Lipinski definition) is 1. The van der Waals surface area contributed by atoms with E-state index in [9.17, 15) is 0 Å². The summed E-state index contributed by atoms with van der Waals surface area (Å²) < 4.78 is 5.20. The molecule has 0 unspecified atom stereocenters. The molecule has 2 nitrogen and oxygen atoms in total. The molecule has 0 aromatic carbocycles. The molecule has 2 heteroatoms. The summed E-state index contributed by atoms with van der Waals surface area (Å²) in [5.74, 6) is 0. The minimum absolute atomic E-state index is 0.287. The summed E-state index contributed by atoms with van der Waals surface area (Å²) in [6, 6.07) is 0. The molecule has 1 fully saturated rings. The van der Waals surface area contributed by atoms with Gasteiger partial charge in [-0.1, -0.05) is 13.3 Å². The maximum atomic E-state index is 5.20. The van der Waals surface area contributed by atoms with Gasteiger partial charge in [-0.15, -0.1) is 0 Å². The number of hydrogen-bond acceptors (Lipinski definition) is 2. The van der Waals surface area contributed by atoms with Gasteiger partial charge in [0.25, 0.3) is 0 Å². The summed E-state index contributed by atoms with van der Waals surface area (Å²) in [4.78, 5) is 0. The van der Waals surface area contributed by atoms with Crippen molar-refractivity contribution < 1.29 is 4.74 Å². The van der Waals surface area contributed by atoms with Crippen molar-refractivity contribution in [3.8, 4) is 0 Å². The Bertz CT molecular complexity index is 185. The Balaban J connectivity index is 2.33. The first kappa shape index (κ1) is 13.0. The molecule has 0 aliphatic heterocycles. The standard InChI is InChI=1S/C13H27NO/c1-5-12(2,3)14-11-13(7-6-8-13)9-10-15-4/h14H,5-11H2,1-4H3. The Morgan fingerprint density at radius 1 is 1.33 bits per heavy atom. The van der Waals surface area contributed by atoms with Gasteiger partial charge >= 0.3 is 0 Å². The van der Waals surface area contributed by atoms with E-state index in [4.69, 9.17) is 4.74 Å². The van der Waals surface area contributed by atoms with Crippen molar-refractivity contribution in [2.45, 2.75) is 58.4 Å². The molecule has 0 spiro atoms. The second-order valence-corrected chi connectivity index (χ2v) is 5.69. The highest BCUT2D eigenvalue weighted by Gasteiger charge is 2.37. The van der Waals surface area contributed by atoms with E-state index in [0.29, 0.717) is 5.41 Å². The summed E-state index contributed by atoms with van der Waals surface area (Å²) in [6.07, 6.45) is 6.56. The largest absolute Gasteiger partial charge is 0.385 e. The SMILES string of the molecule is CCC(C)(C)NCC1(CCOC)CCC1. The Labute approximate surface area is 94.8 Å². The monoisotopic (exact) mass is 213 g/mol. The lowest BCUT2D eigenvalue weighted by Gasteiger charge is -2.44. The minimum Gasteiger partial charge on any atom is -0.385 e. The highest BCUT2D eigenvalue weighted by atomic mass is 16.5. The van der Waals surface area contributed by atoms with E-state index < -0.39 is 0 Å². The second kappa shape index (κ2) is 5.31. The quantitative estimate of drug-likeness (QED) is 0.702.